The van der Waals surface area contributed by atoms with Crippen molar-refractivity contribution in [2.75, 3.05) is 6.61 Å². The lowest BCUT2D eigenvalue weighted by atomic mass is 10.2. The fraction of sp³-hybridized carbons (Fsp3) is 0.364. The SMILES string of the molecule is N#CC(COc1ccccc1CO)C(F)(F)F. The fourth-order valence-corrected chi connectivity index (χ4v) is 1.15. The van der Waals surface area contributed by atoms with Crippen LogP contribution in [0.25, 0.3) is 0 Å². The maximum atomic E-state index is 12.3. The lowest BCUT2D eigenvalue weighted by molar-refractivity contribution is -0.165. The summed E-state index contributed by atoms with van der Waals surface area (Å²) in [7, 11) is 0. The van der Waals surface area contributed by atoms with Crippen molar-refractivity contribution in [3.05, 3.63) is 29.8 Å². The minimum Gasteiger partial charge on any atom is -0.491 e. The molecule has 3 nitrogen and oxygen atoms in total. The van der Waals surface area contributed by atoms with Gasteiger partial charge in [-0.15, -0.1) is 0 Å². The van der Waals surface area contributed by atoms with E-state index in [2.05, 4.69) is 0 Å². The molecule has 17 heavy (non-hydrogen) atoms. The number of ether oxygens (including phenoxy) is 1. The molecule has 0 amide bonds. The summed E-state index contributed by atoms with van der Waals surface area (Å²) in [6, 6.07) is 7.31. The molecule has 6 heteroatoms. The number of alkyl halides is 3. The van der Waals surface area contributed by atoms with Crippen molar-refractivity contribution in [3.8, 4) is 11.8 Å². The van der Waals surface area contributed by atoms with Crippen LogP contribution in [0, 0.1) is 17.2 Å². The van der Waals surface area contributed by atoms with E-state index in [1.54, 1.807) is 12.1 Å². The van der Waals surface area contributed by atoms with Crippen LogP contribution in [0.4, 0.5) is 13.2 Å². The van der Waals surface area contributed by atoms with E-state index in [4.69, 9.17) is 15.1 Å². The lowest BCUT2D eigenvalue weighted by Crippen LogP contribution is -2.27. The highest BCUT2D eigenvalue weighted by atomic mass is 19.4. The van der Waals surface area contributed by atoms with E-state index < -0.39 is 18.7 Å². The first-order valence-electron chi connectivity index (χ1n) is 4.77. The Morgan fingerprint density at radius 1 is 1.35 bits per heavy atom. The molecular formula is C11H10F3NO2. The Morgan fingerprint density at radius 2 is 2.00 bits per heavy atom. The van der Waals surface area contributed by atoms with Crippen molar-refractivity contribution in [2.24, 2.45) is 5.92 Å². The van der Waals surface area contributed by atoms with E-state index in [0.717, 1.165) is 6.07 Å². The fourth-order valence-electron chi connectivity index (χ4n) is 1.15. The molecule has 0 radical (unpaired) electrons. The Balaban J connectivity index is 2.70. The van der Waals surface area contributed by atoms with Gasteiger partial charge in [-0.2, -0.15) is 18.4 Å². The molecule has 1 aromatic carbocycles. The van der Waals surface area contributed by atoms with E-state index in [9.17, 15) is 13.2 Å². The van der Waals surface area contributed by atoms with Crippen LogP contribution < -0.4 is 4.74 Å². The second kappa shape index (κ2) is 5.55. The van der Waals surface area contributed by atoms with Crippen molar-refractivity contribution in [1.29, 1.82) is 5.26 Å². The zero-order valence-electron chi connectivity index (χ0n) is 8.74. The predicted molar refractivity (Wildman–Crippen MR) is 53.0 cm³/mol. The van der Waals surface area contributed by atoms with Crippen LogP contribution in [0.1, 0.15) is 5.56 Å². The maximum absolute atomic E-state index is 12.3. The summed E-state index contributed by atoms with van der Waals surface area (Å²) >= 11 is 0. The van der Waals surface area contributed by atoms with Crippen molar-refractivity contribution in [3.63, 3.8) is 0 Å². The number of hydrogen-bond acceptors (Lipinski definition) is 3. The summed E-state index contributed by atoms with van der Waals surface area (Å²) in [5.74, 6) is -2.02. The van der Waals surface area contributed by atoms with Crippen LogP contribution in [0.5, 0.6) is 5.75 Å². The number of nitrogens with zero attached hydrogens (tertiary/aromatic N) is 1. The predicted octanol–water partition coefficient (Wildman–Crippen LogP) is 2.26. The number of nitriles is 1. The van der Waals surface area contributed by atoms with Gasteiger partial charge in [0.25, 0.3) is 0 Å². The van der Waals surface area contributed by atoms with Gasteiger partial charge in [0, 0.05) is 5.56 Å². The standard InChI is InChI=1S/C11H10F3NO2/c12-11(13,14)9(5-15)7-17-10-4-2-1-3-8(10)6-16/h1-4,9,16H,6-7H2. The molecule has 1 atom stereocenters. The van der Waals surface area contributed by atoms with Gasteiger partial charge in [0.1, 0.15) is 12.4 Å². The minimum atomic E-state index is -4.61. The molecule has 0 bridgehead atoms. The van der Waals surface area contributed by atoms with Gasteiger partial charge in [-0.05, 0) is 6.07 Å². The average molecular weight is 245 g/mol. The number of para-hydroxylation sites is 1. The Kier molecular flexibility index (Phi) is 4.35. The molecule has 0 aliphatic rings. The first-order chi connectivity index (χ1) is 7.99. The highest BCUT2D eigenvalue weighted by Crippen LogP contribution is 2.27. The molecule has 0 spiro atoms. The molecule has 1 aromatic rings. The number of aliphatic hydroxyl groups is 1. The minimum absolute atomic E-state index is 0.152. The summed E-state index contributed by atoms with van der Waals surface area (Å²) in [6.07, 6.45) is -4.61. The molecule has 92 valence electrons. The van der Waals surface area contributed by atoms with E-state index in [-0.39, 0.29) is 12.4 Å². The molecule has 0 aromatic heterocycles. The lowest BCUT2D eigenvalue weighted by Gasteiger charge is -2.15. The molecule has 0 fully saturated rings. The van der Waals surface area contributed by atoms with Crippen LogP contribution in [-0.2, 0) is 6.61 Å². The normalized spacial score (nSPS) is 12.9. The van der Waals surface area contributed by atoms with Crippen LogP contribution in [0.3, 0.4) is 0 Å². The molecule has 0 saturated carbocycles. The van der Waals surface area contributed by atoms with Gasteiger partial charge >= 0.3 is 6.18 Å². The topological polar surface area (TPSA) is 53.2 Å². The molecule has 1 unspecified atom stereocenters. The van der Waals surface area contributed by atoms with Gasteiger partial charge in [-0.25, -0.2) is 0 Å². The quantitative estimate of drug-likeness (QED) is 0.885. The van der Waals surface area contributed by atoms with E-state index in [0.29, 0.717) is 5.56 Å². The smallest absolute Gasteiger partial charge is 0.407 e. The van der Waals surface area contributed by atoms with Crippen LogP contribution in [-0.4, -0.2) is 17.9 Å². The Morgan fingerprint density at radius 3 is 2.53 bits per heavy atom. The molecule has 1 rings (SSSR count). The monoisotopic (exact) mass is 245 g/mol. The van der Waals surface area contributed by atoms with Gasteiger partial charge in [-0.1, -0.05) is 18.2 Å². The maximum Gasteiger partial charge on any atom is 0.407 e. The van der Waals surface area contributed by atoms with Crippen molar-refractivity contribution in [1.82, 2.24) is 0 Å². The van der Waals surface area contributed by atoms with Gasteiger partial charge < -0.3 is 9.84 Å². The van der Waals surface area contributed by atoms with Gasteiger partial charge in [0.05, 0.1) is 12.7 Å². The number of aliphatic hydroxyl groups excluding tert-OH is 1. The number of halogens is 3. The summed E-state index contributed by atoms with van der Waals surface area (Å²) < 4.78 is 41.7. The van der Waals surface area contributed by atoms with Crippen LogP contribution in [0.2, 0.25) is 0 Å². The van der Waals surface area contributed by atoms with Crippen molar-refractivity contribution in [2.45, 2.75) is 12.8 Å². The molecule has 0 aliphatic carbocycles. The summed E-state index contributed by atoms with van der Waals surface area (Å²) in [6.45, 7) is -1.11. The Labute approximate surface area is 96.1 Å². The number of rotatable bonds is 4. The van der Waals surface area contributed by atoms with E-state index in [1.807, 2.05) is 0 Å². The zero-order chi connectivity index (χ0) is 12.9. The summed E-state index contributed by atoms with van der Waals surface area (Å²) in [4.78, 5) is 0. The highest BCUT2D eigenvalue weighted by Gasteiger charge is 2.40. The number of benzene rings is 1. The van der Waals surface area contributed by atoms with Crippen molar-refractivity contribution < 1.29 is 23.0 Å². The molecule has 1 N–H and O–H groups in total. The van der Waals surface area contributed by atoms with Gasteiger partial charge in [-0.3, -0.25) is 0 Å². The third kappa shape index (κ3) is 3.64. The van der Waals surface area contributed by atoms with Gasteiger partial charge in [0.15, 0.2) is 5.92 Å². The first kappa shape index (κ1) is 13.3. The largest absolute Gasteiger partial charge is 0.491 e. The Hall–Kier alpha value is -1.74. The van der Waals surface area contributed by atoms with E-state index in [1.165, 1.54) is 12.1 Å². The highest BCUT2D eigenvalue weighted by molar-refractivity contribution is 5.32. The third-order valence-electron chi connectivity index (χ3n) is 2.10. The van der Waals surface area contributed by atoms with E-state index >= 15 is 0 Å². The van der Waals surface area contributed by atoms with Crippen LogP contribution >= 0.6 is 0 Å². The summed E-state index contributed by atoms with van der Waals surface area (Å²) in [5.41, 5.74) is 0.381. The van der Waals surface area contributed by atoms with Gasteiger partial charge in [0.2, 0.25) is 0 Å². The average Bonchev–Trinajstić information content (AvgIpc) is 2.28. The molecule has 0 aliphatic heterocycles. The van der Waals surface area contributed by atoms with Crippen molar-refractivity contribution >= 4 is 0 Å². The third-order valence-corrected chi connectivity index (χ3v) is 2.10. The molecular weight excluding hydrogens is 235 g/mol. The number of hydrogen-bond donors (Lipinski definition) is 1. The summed E-state index contributed by atoms with van der Waals surface area (Å²) in [5, 5.41) is 17.3. The molecule has 0 heterocycles. The first-order valence-corrected chi connectivity index (χ1v) is 4.77. The Bertz CT molecular complexity index is 412. The second-order valence-electron chi connectivity index (χ2n) is 3.30. The second-order valence-corrected chi connectivity index (χ2v) is 3.30. The molecule has 0 saturated heterocycles. The van der Waals surface area contributed by atoms with Crippen LogP contribution in [0.15, 0.2) is 24.3 Å². The zero-order valence-corrected chi connectivity index (χ0v) is 8.74.